The predicted octanol–water partition coefficient (Wildman–Crippen LogP) is 4.91. The lowest BCUT2D eigenvalue weighted by Gasteiger charge is -2.12. The maximum Gasteiger partial charge on any atom is 0.147 e. The lowest BCUT2D eigenvalue weighted by molar-refractivity contribution is 0.336. The summed E-state index contributed by atoms with van der Waals surface area (Å²) in [5.41, 5.74) is 2.33. The summed E-state index contributed by atoms with van der Waals surface area (Å²) in [4.78, 5) is 0. The molecule has 5 heteroatoms. The first-order valence-electron chi connectivity index (χ1n) is 7.09. The molecule has 0 heterocycles. The minimum Gasteiger partial charge on any atom is -0.496 e. The van der Waals surface area contributed by atoms with E-state index in [0.717, 1.165) is 39.1 Å². The fraction of sp³-hybridized carbons (Fsp3) is 0.294. The average molecular weight is 429 g/mol. The molecule has 2 rings (SSSR count). The Morgan fingerprint density at radius 1 is 1.05 bits per heavy atom. The van der Waals surface area contributed by atoms with Crippen molar-refractivity contribution in [2.24, 2.45) is 0 Å². The van der Waals surface area contributed by atoms with Gasteiger partial charge in [0, 0.05) is 18.7 Å². The van der Waals surface area contributed by atoms with Crippen molar-refractivity contribution in [3.63, 3.8) is 0 Å². The summed E-state index contributed by atoms with van der Waals surface area (Å²) in [5, 5.41) is 3.44. The summed E-state index contributed by atoms with van der Waals surface area (Å²) in [7, 11) is 1.69. The van der Waals surface area contributed by atoms with E-state index in [1.54, 1.807) is 7.11 Å². The molecule has 2 aromatic rings. The number of hydrogen-bond donors (Lipinski definition) is 1. The van der Waals surface area contributed by atoms with E-state index in [-0.39, 0.29) is 0 Å². The molecule has 118 valence electrons. The van der Waals surface area contributed by atoms with Gasteiger partial charge in [-0.05, 0) is 62.5 Å². The Morgan fingerprint density at radius 3 is 2.36 bits per heavy atom. The molecule has 1 N–H and O–H groups in total. The second kappa shape index (κ2) is 8.56. The van der Waals surface area contributed by atoms with E-state index in [2.05, 4.69) is 55.4 Å². The van der Waals surface area contributed by atoms with Crippen molar-refractivity contribution in [3.8, 4) is 11.5 Å². The number of ether oxygens (including phenoxy) is 2. The molecule has 0 bridgehead atoms. The summed E-state index contributed by atoms with van der Waals surface area (Å²) in [6, 6.07) is 12.2. The molecule has 0 aliphatic rings. The van der Waals surface area contributed by atoms with E-state index >= 15 is 0 Å². The highest BCUT2D eigenvalue weighted by Crippen LogP contribution is 2.34. The van der Waals surface area contributed by atoms with Crippen LogP contribution in [0, 0.1) is 0 Å². The van der Waals surface area contributed by atoms with Gasteiger partial charge in [0.2, 0.25) is 0 Å². The molecule has 0 fully saturated rings. The quantitative estimate of drug-likeness (QED) is 0.679. The van der Waals surface area contributed by atoms with Gasteiger partial charge in [0.05, 0.1) is 22.7 Å². The van der Waals surface area contributed by atoms with E-state index in [1.165, 1.54) is 5.56 Å². The number of hydrogen-bond acceptors (Lipinski definition) is 3. The van der Waals surface area contributed by atoms with Crippen LogP contribution in [0.25, 0.3) is 0 Å². The van der Waals surface area contributed by atoms with Crippen LogP contribution in [0.3, 0.4) is 0 Å². The molecule has 0 unspecified atom stereocenters. The highest BCUT2D eigenvalue weighted by Gasteiger charge is 2.08. The van der Waals surface area contributed by atoms with Crippen LogP contribution < -0.4 is 14.8 Å². The number of benzene rings is 2. The standard InChI is InChI=1S/C17H19Br2NO2/c1-3-22-17-14(18)8-12(9-15(17)19)10-20-11-13-6-4-5-7-16(13)21-2/h4-9,20H,3,10-11H2,1-2H3. The topological polar surface area (TPSA) is 30.5 Å². The number of halogens is 2. The number of nitrogens with one attached hydrogen (secondary N) is 1. The Bertz CT molecular complexity index is 609. The third-order valence-electron chi connectivity index (χ3n) is 3.18. The molecule has 0 spiro atoms. The summed E-state index contributed by atoms with van der Waals surface area (Å²) in [6.07, 6.45) is 0. The average Bonchev–Trinajstić information content (AvgIpc) is 2.51. The Labute approximate surface area is 148 Å². The molecular weight excluding hydrogens is 410 g/mol. The van der Waals surface area contributed by atoms with Gasteiger partial charge in [-0.3, -0.25) is 0 Å². The van der Waals surface area contributed by atoms with Crippen LogP contribution in [0.4, 0.5) is 0 Å². The van der Waals surface area contributed by atoms with Gasteiger partial charge in [-0.15, -0.1) is 0 Å². The van der Waals surface area contributed by atoms with Gasteiger partial charge in [0.25, 0.3) is 0 Å². The van der Waals surface area contributed by atoms with Crippen molar-refractivity contribution >= 4 is 31.9 Å². The van der Waals surface area contributed by atoms with Crippen molar-refractivity contribution in [2.45, 2.75) is 20.0 Å². The number of rotatable bonds is 7. The highest BCUT2D eigenvalue weighted by atomic mass is 79.9. The van der Waals surface area contributed by atoms with Gasteiger partial charge in [-0.1, -0.05) is 18.2 Å². The molecule has 2 aromatic carbocycles. The fourth-order valence-electron chi connectivity index (χ4n) is 2.19. The lowest BCUT2D eigenvalue weighted by atomic mass is 10.2. The van der Waals surface area contributed by atoms with Crippen LogP contribution in [0.5, 0.6) is 11.5 Å². The van der Waals surface area contributed by atoms with Crippen LogP contribution in [0.15, 0.2) is 45.3 Å². The Balaban J connectivity index is 2.00. The first-order chi connectivity index (χ1) is 10.7. The Hall–Kier alpha value is -1.04. The van der Waals surface area contributed by atoms with Crippen molar-refractivity contribution in [3.05, 3.63) is 56.5 Å². The second-order valence-electron chi connectivity index (χ2n) is 4.74. The van der Waals surface area contributed by atoms with Crippen molar-refractivity contribution in [2.75, 3.05) is 13.7 Å². The lowest BCUT2D eigenvalue weighted by Crippen LogP contribution is -2.13. The van der Waals surface area contributed by atoms with Crippen LogP contribution in [0.2, 0.25) is 0 Å². The zero-order valence-electron chi connectivity index (χ0n) is 12.7. The molecule has 0 aliphatic heterocycles. The summed E-state index contributed by atoms with van der Waals surface area (Å²) >= 11 is 7.11. The number of para-hydroxylation sites is 1. The zero-order chi connectivity index (χ0) is 15.9. The Morgan fingerprint density at radius 2 is 1.73 bits per heavy atom. The van der Waals surface area contributed by atoms with Crippen molar-refractivity contribution in [1.82, 2.24) is 5.32 Å². The molecular formula is C17H19Br2NO2. The van der Waals surface area contributed by atoms with Gasteiger partial charge in [-0.2, -0.15) is 0 Å². The van der Waals surface area contributed by atoms with Gasteiger partial charge < -0.3 is 14.8 Å². The first-order valence-corrected chi connectivity index (χ1v) is 8.67. The Kier molecular flexibility index (Phi) is 6.73. The number of methoxy groups -OCH3 is 1. The van der Waals surface area contributed by atoms with E-state index < -0.39 is 0 Å². The second-order valence-corrected chi connectivity index (χ2v) is 6.45. The van der Waals surface area contributed by atoms with Gasteiger partial charge in [-0.25, -0.2) is 0 Å². The van der Waals surface area contributed by atoms with Crippen LogP contribution in [-0.2, 0) is 13.1 Å². The molecule has 22 heavy (non-hydrogen) atoms. The van der Waals surface area contributed by atoms with E-state index in [0.29, 0.717) is 6.61 Å². The molecule has 3 nitrogen and oxygen atoms in total. The van der Waals surface area contributed by atoms with Gasteiger partial charge in [0.1, 0.15) is 11.5 Å². The van der Waals surface area contributed by atoms with Crippen LogP contribution >= 0.6 is 31.9 Å². The van der Waals surface area contributed by atoms with Crippen LogP contribution in [-0.4, -0.2) is 13.7 Å². The SMILES string of the molecule is CCOc1c(Br)cc(CNCc2ccccc2OC)cc1Br. The molecule has 0 aliphatic carbocycles. The fourth-order valence-corrected chi connectivity index (χ4v) is 3.70. The normalized spacial score (nSPS) is 10.5. The maximum absolute atomic E-state index is 5.60. The third kappa shape index (κ3) is 4.48. The van der Waals surface area contributed by atoms with E-state index in [9.17, 15) is 0 Å². The third-order valence-corrected chi connectivity index (χ3v) is 4.36. The van der Waals surface area contributed by atoms with Gasteiger partial charge >= 0.3 is 0 Å². The van der Waals surface area contributed by atoms with Crippen molar-refractivity contribution in [1.29, 1.82) is 0 Å². The minimum atomic E-state index is 0.641. The molecule has 0 atom stereocenters. The summed E-state index contributed by atoms with van der Waals surface area (Å²) < 4.78 is 12.9. The summed E-state index contributed by atoms with van der Waals surface area (Å²) in [6.45, 7) is 4.14. The zero-order valence-corrected chi connectivity index (χ0v) is 15.8. The summed E-state index contributed by atoms with van der Waals surface area (Å²) in [5.74, 6) is 1.75. The maximum atomic E-state index is 5.60. The molecule has 0 radical (unpaired) electrons. The van der Waals surface area contributed by atoms with E-state index in [1.807, 2.05) is 25.1 Å². The molecule has 0 amide bonds. The molecule has 0 saturated carbocycles. The highest BCUT2D eigenvalue weighted by molar-refractivity contribution is 9.11. The largest absolute Gasteiger partial charge is 0.496 e. The minimum absolute atomic E-state index is 0.641. The molecule has 0 aromatic heterocycles. The van der Waals surface area contributed by atoms with E-state index in [4.69, 9.17) is 9.47 Å². The molecule has 0 saturated heterocycles. The van der Waals surface area contributed by atoms with Gasteiger partial charge in [0.15, 0.2) is 0 Å². The van der Waals surface area contributed by atoms with Crippen LogP contribution in [0.1, 0.15) is 18.1 Å². The smallest absolute Gasteiger partial charge is 0.147 e. The predicted molar refractivity (Wildman–Crippen MR) is 96.5 cm³/mol. The van der Waals surface area contributed by atoms with Crippen molar-refractivity contribution < 1.29 is 9.47 Å². The monoisotopic (exact) mass is 427 g/mol. The first kappa shape index (κ1) is 17.3.